The van der Waals surface area contributed by atoms with Gasteiger partial charge in [-0.15, -0.1) is 0 Å². The van der Waals surface area contributed by atoms with Crippen molar-refractivity contribution in [3.8, 4) is 0 Å². The molecule has 0 amide bonds. The van der Waals surface area contributed by atoms with Gasteiger partial charge in [0, 0.05) is 25.7 Å². The number of ether oxygens (including phenoxy) is 1. The summed E-state index contributed by atoms with van der Waals surface area (Å²) < 4.78 is 5.64. The molecule has 1 heterocycles. The summed E-state index contributed by atoms with van der Waals surface area (Å²) >= 11 is 0. The molecule has 232 valence electrons. The normalized spacial score (nSPS) is 22.5. The van der Waals surface area contributed by atoms with Crippen LogP contribution in [0.1, 0.15) is 22.3 Å². The standard InChI is InChI=1S/C36H40O8/c37-25-30-31(38)32(39)33(40)34(42-30)43-44-36(23-28-17-9-3-10-18-28,24-29-19-11-4-12-20-29)35(41,21-26-13-5-1-6-14-26)22-27-15-7-2-8-16-27/h1-20,30-34,37-41H,21-25H2/t30-,31-,32+,33-,34?/m1/s1. The van der Waals surface area contributed by atoms with E-state index in [-0.39, 0.29) is 25.7 Å². The highest BCUT2D eigenvalue weighted by molar-refractivity contribution is 5.30. The summed E-state index contributed by atoms with van der Waals surface area (Å²) in [5, 5.41) is 54.4. The quantitative estimate of drug-likeness (QED) is 0.117. The van der Waals surface area contributed by atoms with Crippen molar-refractivity contribution < 1.29 is 40.0 Å². The molecule has 4 aromatic rings. The molecule has 4 aromatic carbocycles. The van der Waals surface area contributed by atoms with Crippen LogP contribution < -0.4 is 0 Å². The molecule has 0 radical (unpaired) electrons. The fourth-order valence-corrected chi connectivity index (χ4v) is 5.92. The summed E-state index contributed by atoms with van der Waals surface area (Å²) in [5.41, 5.74) is 0.428. The molecule has 8 heteroatoms. The van der Waals surface area contributed by atoms with Gasteiger partial charge in [0.1, 0.15) is 35.6 Å². The van der Waals surface area contributed by atoms with Crippen molar-refractivity contribution in [3.05, 3.63) is 144 Å². The lowest BCUT2D eigenvalue weighted by molar-refractivity contribution is -0.474. The highest BCUT2D eigenvalue weighted by atomic mass is 17.2. The van der Waals surface area contributed by atoms with Gasteiger partial charge < -0.3 is 30.3 Å². The Morgan fingerprint density at radius 3 is 1.32 bits per heavy atom. The third-order valence-electron chi connectivity index (χ3n) is 8.34. The minimum absolute atomic E-state index is 0.195. The van der Waals surface area contributed by atoms with Gasteiger partial charge in [-0.25, -0.2) is 9.78 Å². The maximum absolute atomic E-state index is 13.1. The fourth-order valence-electron chi connectivity index (χ4n) is 5.92. The van der Waals surface area contributed by atoms with Gasteiger partial charge in [0.25, 0.3) is 0 Å². The molecule has 8 nitrogen and oxygen atoms in total. The maximum atomic E-state index is 13.1. The first-order valence-corrected chi connectivity index (χ1v) is 14.9. The molecule has 0 bridgehead atoms. The Balaban J connectivity index is 1.63. The van der Waals surface area contributed by atoms with E-state index in [4.69, 9.17) is 14.5 Å². The molecule has 1 saturated heterocycles. The average molecular weight is 601 g/mol. The van der Waals surface area contributed by atoms with Crippen LogP contribution in [0.15, 0.2) is 121 Å². The highest BCUT2D eigenvalue weighted by Crippen LogP contribution is 2.40. The summed E-state index contributed by atoms with van der Waals surface area (Å²) in [6.07, 6.45) is -6.84. The van der Waals surface area contributed by atoms with Gasteiger partial charge in [0.2, 0.25) is 6.29 Å². The Morgan fingerprint density at radius 2 is 0.932 bits per heavy atom. The molecule has 0 aliphatic carbocycles. The van der Waals surface area contributed by atoms with Crippen LogP contribution in [0.2, 0.25) is 0 Å². The third-order valence-corrected chi connectivity index (χ3v) is 8.34. The Hall–Kier alpha value is -3.44. The molecule has 0 aromatic heterocycles. The first-order chi connectivity index (χ1) is 21.3. The minimum Gasteiger partial charge on any atom is -0.394 e. The third kappa shape index (κ3) is 7.43. The fraction of sp³-hybridized carbons (Fsp3) is 0.333. The molecule has 5 atom stereocenters. The zero-order valence-corrected chi connectivity index (χ0v) is 24.4. The van der Waals surface area contributed by atoms with Crippen molar-refractivity contribution in [1.29, 1.82) is 0 Å². The van der Waals surface area contributed by atoms with Gasteiger partial charge in [0.05, 0.1) is 6.61 Å². The minimum atomic E-state index is -1.68. The van der Waals surface area contributed by atoms with Crippen molar-refractivity contribution >= 4 is 0 Å². The molecule has 1 unspecified atom stereocenters. The Labute approximate surface area is 257 Å². The van der Waals surface area contributed by atoms with E-state index in [0.29, 0.717) is 0 Å². The number of hydrogen-bond donors (Lipinski definition) is 5. The second-order valence-electron chi connectivity index (χ2n) is 11.6. The van der Waals surface area contributed by atoms with Gasteiger partial charge in [-0.1, -0.05) is 121 Å². The van der Waals surface area contributed by atoms with Crippen LogP contribution in [-0.4, -0.2) is 74.0 Å². The summed E-state index contributed by atoms with van der Waals surface area (Å²) in [6.45, 7) is -0.615. The van der Waals surface area contributed by atoms with Crippen LogP contribution in [0.3, 0.4) is 0 Å². The van der Waals surface area contributed by atoms with Crippen molar-refractivity contribution in [2.24, 2.45) is 0 Å². The van der Waals surface area contributed by atoms with Gasteiger partial charge in [0.15, 0.2) is 0 Å². The molecule has 1 aliphatic rings. The van der Waals surface area contributed by atoms with Crippen LogP contribution in [0.4, 0.5) is 0 Å². The lowest BCUT2D eigenvalue weighted by Crippen LogP contribution is -2.63. The second kappa shape index (κ2) is 14.6. The lowest BCUT2D eigenvalue weighted by atomic mass is 9.69. The molecule has 5 N–H and O–H groups in total. The van der Waals surface area contributed by atoms with E-state index in [1.54, 1.807) is 0 Å². The van der Waals surface area contributed by atoms with Gasteiger partial charge in [-0.05, 0) is 22.3 Å². The predicted molar refractivity (Wildman–Crippen MR) is 164 cm³/mol. The van der Waals surface area contributed by atoms with Gasteiger partial charge in [-0.3, -0.25) is 0 Å². The predicted octanol–water partition coefficient (Wildman–Crippen LogP) is 3.18. The number of rotatable bonds is 13. The van der Waals surface area contributed by atoms with Crippen LogP contribution >= 0.6 is 0 Å². The van der Waals surface area contributed by atoms with Crippen LogP contribution in [0.5, 0.6) is 0 Å². The zero-order chi connectivity index (χ0) is 31.0. The van der Waals surface area contributed by atoms with Crippen LogP contribution in [0, 0.1) is 0 Å². The first-order valence-electron chi connectivity index (χ1n) is 14.9. The van der Waals surface area contributed by atoms with Gasteiger partial charge in [-0.2, -0.15) is 0 Å². The number of hydrogen-bond acceptors (Lipinski definition) is 8. The highest BCUT2D eigenvalue weighted by Gasteiger charge is 2.54. The molecular weight excluding hydrogens is 560 g/mol. The number of aliphatic hydroxyl groups excluding tert-OH is 4. The Kier molecular flexibility index (Phi) is 10.6. The molecule has 1 fully saturated rings. The van der Waals surface area contributed by atoms with E-state index in [1.807, 2.05) is 121 Å². The van der Waals surface area contributed by atoms with Crippen molar-refractivity contribution in [3.63, 3.8) is 0 Å². The Bertz CT molecular complexity index is 1320. The molecular formula is C36H40O8. The van der Waals surface area contributed by atoms with E-state index >= 15 is 0 Å². The smallest absolute Gasteiger partial charge is 0.220 e. The van der Waals surface area contributed by atoms with Gasteiger partial charge >= 0.3 is 0 Å². The molecule has 0 saturated carbocycles. The number of aliphatic hydroxyl groups is 5. The van der Waals surface area contributed by atoms with Crippen molar-refractivity contribution in [2.45, 2.75) is 67.6 Å². The van der Waals surface area contributed by atoms with Crippen LogP contribution in [-0.2, 0) is 40.2 Å². The molecule has 0 spiro atoms. The molecule has 1 aliphatic heterocycles. The SMILES string of the molecule is OC[C@H]1OC(OOC(Cc2ccccc2)(Cc2ccccc2)C(O)(Cc2ccccc2)Cc2ccccc2)[C@H](O)[C@@H](O)[C@@H]1O. The summed E-state index contributed by atoms with van der Waals surface area (Å²) in [7, 11) is 0. The lowest BCUT2D eigenvalue weighted by Gasteiger charge is -2.48. The topological polar surface area (TPSA) is 129 Å². The van der Waals surface area contributed by atoms with Crippen molar-refractivity contribution in [1.82, 2.24) is 0 Å². The van der Waals surface area contributed by atoms with E-state index < -0.39 is 48.5 Å². The largest absolute Gasteiger partial charge is 0.394 e. The first kappa shape index (κ1) is 32.0. The molecule has 5 rings (SSSR count). The van der Waals surface area contributed by atoms with E-state index in [2.05, 4.69) is 0 Å². The van der Waals surface area contributed by atoms with E-state index in [9.17, 15) is 25.5 Å². The summed E-state index contributed by atoms with van der Waals surface area (Å²) in [5.74, 6) is 0. The van der Waals surface area contributed by atoms with E-state index in [0.717, 1.165) is 22.3 Å². The maximum Gasteiger partial charge on any atom is 0.220 e. The van der Waals surface area contributed by atoms with Crippen molar-refractivity contribution in [2.75, 3.05) is 6.61 Å². The Morgan fingerprint density at radius 1 is 0.545 bits per heavy atom. The summed E-state index contributed by atoms with van der Waals surface area (Å²) in [6, 6.07) is 38.5. The second-order valence-corrected chi connectivity index (χ2v) is 11.6. The summed E-state index contributed by atoms with van der Waals surface area (Å²) in [4.78, 5) is 12.3. The van der Waals surface area contributed by atoms with Crippen LogP contribution in [0.25, 0.3) is 0 Å². The average Bonchev–Trinajstić information content (AvgIpc) is 3.05. The zero-order valence-electron chi connectivity index (χ0n) is 24.4. The number of benzene rings is 4. The van der Waals surface area contributed by atoms with E-state index in [1.165, 1.54) is 0 Å². The monoisotopic (exact) mass is 600 g/mol. The molecule has 44 heavy (non-hydrogen) atoms.